The fraction of sp³-hybridized carbons (Fsp3) is 0.562. The molecule has 0 radical (unpaired) electrons. The molecule has 0 unspecified atom stereocenters. The Bertz CT molecular complexity index is 807. The molecule has 2 heterocycles. The van der Waals surface area contributed by atoms with Crippen LogP contribution in [0.2, 0.25) is 0 Å². The standard InChI is InChI=1S/C16H23N7O3/c1-11-14(20-21-23(11)3)15(25)18-10-16(4-5-16)19-13(24)9-26-8-12-17-6-7-22(12)2/h6-7H,4-5,8-10H2,1-3H3,(H,18,25)(H,19,24). The molecular weight excluding hydrogens is 338 g/mol. The zero-order chi connectivity index (χ0) is 18.7. The quantitative estimate of drug-likeness (QED) is 0.652. The average molecular weight is 361 g/mol. The van der Waals surface area contributed by atoms with Crippen LogP contribution in [0.5, 0.6) is 0 Å². The number of carbonyl (C=O) groups excluding carboxylic acids is 2. The minimum atomic E-state index is -0.393. The second kappa shape index (κ2) is 7.24. The first-order chi connectivity index (χ1) is 12.4. The third kappa shape index (κ3) is 4.07. The summed E-state index contributed by atoms with van der Waals surface area (Å²) in [5.74, 6) is 0.259. The predicted molar refractivity (Wildman–Crippen MR) is 91.0 cm³/mol. The van der Waals surface area contributed by atoms with Crippen LogP contribution < -0.4 is 10.6 Å². The lowest BCUT2D eigenvalue weighted by Crippen LogP contribution is -2.47. The van der Waals surface area contributed by atoms with Gasteiger partial charge in [-0.3, -0.25) is 14.3 Å². The highest BCUT2D eigenvalue weighted by atomic mass is 16.5. The molecule has 0 spiro atoms. The van der Waals surface area contributed by atoms with Crippen molar-refractivity contribution >= 4 is 11.8 Å². The molecule has 1 aliphatic carbocycles. The highest BCUT2D eigenvalue weighted by Crippen LogP contribution is 2.34. The van der Waals surface area contributed by atoms with E-state index in [2.05, 4.69) is 25.9 Å². The van der Waals surface area contributed by atoms with Crippen molar-refractivity contribution in [1.29, 1.82) is 0 Å². The number of hydrogen-bond donors (Lipinski definition) is 2. The summed E-state index contributed by atoms with van der Waals surface area (Å²) in [5.41, 5.74) is 0.599. The van der Waals surface area contributed by atoms with E-state index in [9.17, 15) is 9.59 Å². The van der Waals surface area contributed by atoms with Crippen LogP contribution in [0.4, 0.5) is 0 Å². The monoisotopic (exact) mass is 361 g/mol. The number of rotatable bonds is 8. The van der Waals surface area contributed by atoms with Gasteiger partial charge in [0.2, 0.25) is 5.91 Å². The molecule has 3 rings (SSSR count). The van der Waals surface area contributed by atoms with E-state index in [-0.39, 0.29) is 25.0 Å². The van der Waals surface area contributed by atoms with Crippen LogP contribution in [0, 0.1) is 6.92 Å². The van der Waals surface area contributed by atoms with Crippen molar-refractivity contribution in [2.45, 2.75) is 31.9 Å². The van der Waals surface area contributed by atoms with Crippen molar-refractivity contribution in [2.75, 3.05) is 13.2 Å². The smallest absolute Gasteiger partial charge is 0.273 e. The molecule has 1 saturated carbocycles. The van der Waals surface area contributed by atoms with Crippen LogP contribution in [0.1, 0.15) is 34.8 Å². The van der Waals surface area contributed by atoms with E-state index < -0.39 is 5.54 Å². The van der Waals surface area contributed by atoms with E-state index in [1.807, 2.05) is 17.8 Å². The van der Waals surface area contributed by atoms with E-state index in [4.69, 9.17) is 4.74 Å². The Morgan fingerprint density at radius 1 is 1.35 bits per heavy atom. The van der Waals surface area contributed by atoms with Crippen molar-refractivity contribution < 1.29 is 14.3 Å². The Morgan fingerprint density at radius 3 is 2.69 bits per heavy atom. The van der Waals surface area contributed by atoms with Crippen LogP contribution in [-0.2, 0) is 30.2 Å². The highest BCUT2D eigenvalue weighted by molar-refractivity contribution is 5.93. The summed E-state index contributed by atoms with van der Waals surface area (Å²) in [7, 11) is 3.60. The van der Waals surface area contributed by atoms with E-state index in [1.54, 1.807) is 24.9 Å². The molecule has 140 valence electrons. The maximum atomic E-state index is 12.2. The molecule has 10 heteroatoms. The van der Waals surface area contributed by atoms with Crippen LogP contribution in [0.25, 0.3) is 0 Å². The van der Waals surface area contributed by atoms with Gasteiger partial charge in [-0.15, -0.1) is 5.10 Å². The number of aromatic nitrogens is 5. The lowest BCUT2D eigenvalue weighted by Gasteiger charge is -2.18. The van der Waals surface area contributed by atoms with Crippen molar-refractivity contribution in [1.82, 2.24) is 35.2 Å². The van der Waals surface area contributed by atoms with Crippen molar-refractivity contribution in [3.8, 4) is 0 Å². The van der Waals surface area contributed by atoms with E-state index in [0.717, 1.165) is 18.7 Å². The van der Waals surface area contributed by atoms with Gasteiger partial charge in [-0.05, 0) is 19.8 Å². The van der Waals surface area contributed by atoms with Crippen LogP contribution in [0.15, 0.2) is 12.4 Å². The van der Waals surface area contributed by atoms with Gasteiger partial charge in [-0.1, -0.05) is 5.21 Å². The third-order valence-corrected chi connectivity index (χ3v) is 4.55. The van der Waals surface area contributed by atoms with Gasteiger partial charge < -0.3 is 19.9 Å². The summed E-state index contributed by atoms with van der Waals surface area (Å²) in [4.78, 5) is 28.4. The molecule has 2 aromatic heterocycles. The Kier molecular flexibility index (Phi) is 5.03. The topological polar surface area (TPSA) is 116 Å². The fourth-order valence-electron chi connectivity index (χ4n) is 2.55. The molecule has 0 aliphatic heterocycles. The molecule has 2 aromatic rings. The number of carbonyl (C=O) groups is 2. The first-order valence-electron chi connectivity index (χ1n) is 8.40. The predicted octanol–water partition coefficient (Wildman–Crippen LogP) is -0.548. The van der Waals surface area contributed by atoms with Crippen LogP contribution in [0.3, 0.4) is 0 Å². The Morgan fingerprint density at radius 2 is 2.12 bits per heavy atom. The molecule has 1 fully saturated rings. The summed E-state index contributed by atoms with van der Waals surface area (Å²) in [6, 6.07) is 0. The SMILES string of the molecule is Cc1c(C(=O)NCC2(NC(=O)COCc3nccn3C)CC2)nnn1C. The molecule has 26 heavy (non-hydrogen) atoms. The molecular formula is C16H23N7O3. The second-order valence-electron chi connectivity index (χ2n) is 6.61. The lowest BCUT2D eigenvalue weighted by atomic mass is 10.2. The van der Waals surface area contributed by atoms with Crippen molar-refractivity contribution in [3.63, 3.8) is 0 Å². The summed E-state index contributed by atoms with van der Waals surface area (Å²) >= 11 is 0. The average Bonchev–Trinajstić information content (AvgIpc) is 3.12. The number of amides is 2. The van der Waals surface area contributed by atoms with E-state index in [0.29, 0.717) is 17.9 Å². The van der Waals surface area contributed by atoms with Gasteiger partial charge in [0.15, 0.2) is 5.69 Å². The second-order valence-corrected chi connectivity index (χ2v) is 6.61. The van der Waals surface area contributed by atoms with Gasteiger partial charge in [0, 0.05) is 33.0 Å². The first kappa shape index (κ1) is 18.1. The summed E-state index contributed by atoms with van der Waals surface area (Å²) in [6.07, 6.45) is 5.13. The summed E-state index contributed by atoms with van der Waals surface area (Å²) < 4.78 is 8.79. The van der Waals surface area contributed by atoms with Crippen molar-refractivity contribution in [2.24, 2.45) is 14.1 Å². The molecule has 0 bridgehead atoms. The lowest BCUT2D eigenvalue weighted by molar-refractivity contribution is -0.127. The highest BCUT2D eigenvalue weighted by Gasteiger charge is 2.44. The number of nitrogens with zero attached hydrogens (tertiary/aromatic N) is 5. The third-order valence-electron chi connectivity index (χ3n) is 4.55. The maximum absolute atomic E-state index is 12.2. The molecule has 0 atom stereocenters. The fourth-order valence-corrected chi connectivity index (χ4v) is 2.55. The van der Waals surface area contributed by atoms with E-state index >= 15 is 0 Å². The van der Waals surface area contributed by atoms with Gasteiger partial charge in [-0.25, -0.2) is 4.98 Å². The molecule has 2 amide bonds. The maximum Gasteiger partial charge on any atom is 0.273 e. The van der Waals surface area contributed by atoms with Gasteiger partial charge in [0.05, 0.1) is 11.2 Å². The van der Waals surface area contributed by atoms with Gasteiger partial charge in [0.1, 0.15) is 19.0 Å². The van der Waals surface area contributed by atoms with Crippen LogP contribution in [-0.4, -0.2) is 55.0 Å². The molecule has 10 nitrogen and oxygen atoms in total. The number of nitrogens with one attached hydrogen (secondary N) is 2. The molecule has 0 saturated heterocycles. The number of hydrogen-bond acceptors (Lipinski definition) is 6. The number of ether oxygens (including phenoxy) is 1. The first-order valence-corrected chi connectivity index (χ1v) is 8.40. The Balaban J connectivity index is 1.42. The molecule has 1 aliphatic rings. The van der Waals surface area contributed by atoms with Crippen LogP contribution >= 0.6 is 0 Å². The van der Waals surface area contributed by atoms with Gasteiger partial charge >= 0.3 is 0 Å². The number of imidazole rings is 1. The minimum Gasteiger partial charge on any atom is -0.364 e. The summed E-state index contributed by atoms with van der Waals surface area (Å²) in [6.45, 7) is 2.36. The zero-order valence-electron chi connectivity index (χ0n) is 15.2. The largest absolute Gasteiger partial charge is 0.364 e. The van der Waals surface area contributed by atoms with Gasteiger partial charge in [-0.2, -0.15) is 0 Å². The normalized spacial score (nSPS) is 14.9. The molecule has 0 aromatic carbocycles. The zero-order valence-corrected chi connectivity index (χ0v) is 15.2. The summed E-state index contributed by atoms with van der Waals surface area (Å²) in [5, 5.41) is 13.4. The van der Waals surface area contributed by atoms with E-state index in [1.165, 1.54) is 0 Å². The minimum absolute atomic E-state index is 0.0498. The Hall–Kier alpha value is -2.75. The number of aryl methyl sites for hydroxylation is 2. The Labute approximate surface area is 150 Å². The van der Waals surface area contributed by atoms with Gasteiger partial charge in [0.25, 0.3) is 5.91 Å². The molecule has 2 N–H and O–H groups in total. The van der Waals surface area contributed by atoms with Crippen molar-refractivity contribution in [3.05, 3.63) is 29.6 Å².